The number of anilines is 1. The Hall–Kier alpha value is -3.35. The maximum absolute atomic E-state index is 13.6. The fraction of sp³-hybridized carbons (Fsp3) is 0.222. The zero-order valence-corrected chi connectivity index (χ0v) is 16.9. The van der Waals surface area contributed by atoms with E-state index in [0.717, 1.165) is 41.8 Å². The summed E-state index contributed by atoms with van der Waals surface area (Å²) in [7, 11) is 0. The highest BCUT2D eigenvalue weighted by Gasteiger charge is 2.43. The van der Waals surface area contributed by atoms with Crippen molar-refractivity contribution < 1.29 is 4.79 Å². The Kier molecular flexibility index (Phi) is 5.09. The molecule has 2 atom stereocenters. The van der Waals surface area contributed by atoms with Crippen LogP contribution < -0.4 is 4.90 Å². The van der Waals surface area contributed by atoms with Gasteiger partial charge in [0.2, 0.25) is 5.91 Å². The first-order chi connectivity index (χ1) is 14.8. The Labute approximate surface area is 177 Å². The molecule has 1 amide bonds. The first kappa shape index (κ1) is 18.7. The van der Waals surface area contributed by atoms with Gasteiger partial charge in [0.05, 0.1) is 12.6 Å². The van der Waals surface area contributed by atoms with Crippen molar-refractivity contribution in [2.75, 3.05) is 11.4 Å². The number of likely N-dealkylation sites (tertiary alicyclic amines) is 1. The number of carbonyl (C=O) groups is 1. The Morgan fingerprint density at radius 1 is 0.867 bits per heavy atom. The van der Waals surface area contributed by atoms with E-state index in [9.17, 15) is 4.79 Å². The normalized spacial score (nSPS) is 20.7. The summed E-state index contributed by atoms with van der Waals surface area (Å²) in [6.45, 7) is 1.50. The van der Waals surface area contributed by atoms with E-state index in [0.29, 0.717) is 6.54 Å². The standard InChI is InChI=1S/C27H24N2O/c30-27-26(28-19-9-14-23(28)18-17-21-10-3-1-4-11-21)24-15-7-8-16-25(24)29(27)20-22-12-5-2-6-13-22/h1-8,10-13,15-16,23,26H,9,14,19-20H2. The van der Waals surface area contributed by atoms with E-state index in [1.807, 2.05) is 65.6 Å². The maximum Gasteiger partial charge on any atom is 0.249 e. The molecule has 2 heterocycles. The van der Waals surface area contributed by atoms with Crippen LogP contribution in [0.25, 0.3) is 0 Å². The van der Waals surface area contributed by atoms with Gasteiger partial charge in [-0.1, -0.05) is 78.6 Å². The molecule has 3 aromatic rings. The molecule has 0 aliphatic carbocycles. The van der Waals surface area contributed by atoms with Crippen LogP contribution in [0.15, 0.2) is 84.9 Å². The highest BCUT2D eigenvalue weighted by atomic mass is 16.2. The van der Waals surface area contributed by atoms with E-state index in [1.54, 1.807) is 0 Å². The molecular formula is C27H24N2O. The second-order valence-electron chi connectivity index (χ2n) is 7.90. The number of rotatable bonds is 3. The average molecular weight is 393 g/mol. The molecule has 148 valence electrons. The van der Waals surface area contributed by atoms with Crippen molar-refractivity contribution in [3.8, 4) is 11.8 Å². The van der Waals surface area contributed by atoms with Gasteiger partial charge in [-0.15, -0.1) is 0 Å². The second kappa shape index (κ2) is 8.18. The summed E-state index contributed by atoms with van der Waals surface area (Å²) in [5.74, 6) is 6.92. The van der Waals surface area contributed by atoms with E-state index in [-0.39, 0.29) is 18.0 Å². The average Bonchev–Trinajstić information content (AvgIpc) is 3.36. The number of fused-ring (bicyclic) bond motifs is 1. The highest BCUT2D eigenvalue weighted by molar-refractivity contribution is 6.04. The highest BCUT2D eigenvalue weighted by Crippen LogP contribution is 2.42. The number of benzene rings is 3. The molecule has 2 aliphatic rings. The van der Waals surface area contributed by atoms with Crippen molar-refractivity contribution >= 4 is 11.6 Å². The molecule has 0 spiro atoms. The zero-order valence-electron chi connectivity index (χ0n) is 16.9. The Morgan fingerprint density at radius 2 is 1.57 bits per heavy atom. The predicted molar refractivity (Wildman–Crippen MR) is 120 cm³/mol. The molecule has 30 heavy (non-hydrogen) atoms. The Balaban J connectivity index is 1.45. The number of para-hydroxylation sites is 1. The maximum atomic E-state index is 13.6. The van der Waals surface area contributed by atoms with E-state index in [2.05, 4.69) is 41.0 Å². The minimum Gasteiger partial charge on any atom is -0.306 e. The third-order valence-corrected chi connectivity index (χ3v) is 5.99. The van der Waals surface area contributed by atoms with Gasteiger partial charge in [0.25, 0.3) is 0 Å². The summed E-state index contributed by atoms with van der Waals surface area (Å²) >= 11 is 0. The first-order valence-corrected chi connectivity index (χ1v) is 10.6. The molecule has 0 aromatic heterocycles. The van der Waals surface area contributed by atoms with E-state index in [1.165, 1.54) is 0 Å². The van der Waals surface area contributed by atoms with Crippen LogP contribution in [-0.2, 0) is 11.3 Å². The summed E-state index contributed by atoms with van der Waals surface area (Å²) < 4.78 is 0. The molecular weight excluding hydrogens is 368 g/mol. The molecule has 0 saturated carbocycles. The lowest BCUT2D eigenvalue weighted by Crippen LogP contribution is -2.39. The summed E-state index contributed by atoms with van der Waals surface area (Å²) in [5, 5.41) is 0. The molecule has 2 aliphatic heterocycles. The third-order valence-electron chi connectivity index (χ3n) is 5.99. The molecule has 3 aromatic carbocycles. The lowest BCUT2D eigenvalue weighted by Gasteiger charge is -2.27. The van der Waals surface area contributed by atoms with Gasteiger partial charge in [0.1, 0.15) is 6.04 Å². The third kappa shape index (κ3) is 3.51. The molecule has 3 heteroatoms. The first-order valence-electron chi connectivity index (χ1n) is 10.6. The van der Waals surface area contributed by atoms with E-state index >= 15 is 0 Å². The van der Waals surface area contributed by atoms with Crippen molar-refractivity contribution in [3.63, 3.8) is 0 Å². The summed E-state index contributed by atoms with van der Waals surface area (Å²) in [4.78, 5) is 17.9. The number of amides is 1. The molecule has 1 fully saturated rings. The number of carbonyl (C=O) groups excluding carboxylic acids is 1. The molecule has 0 radical (unpaired) electrons. The summed E-state index contributed by atoms with van der Waals surface area (Å²) in [5.41, 5.74) is 4.29. The second-order valence-corrected chi connectivity index (χ2v) is 7.90. The number of hydrogen-bond acceptors (Lipinski definition) is 2. The van der Waals surface area contributed by atoms with Gasteiger partial charge in [0, 0.05) is 23.4 Å². The fourth-order valence-electron chi connectivity index (χ4n) is 4.55. The molecule has 1 saturated heterocycles. The molecule has 3 nitrogen and oxygen atoms in total. The predicted octanol–water partition coefficient (Wildman–Crippen LogP) is 4.79. The summed E-state index contributed by atoms with van der Waals surface area (Å²) in [6.07, 6.45) is 2.07. The Morgan fingerprint density at radius 3 is 2.37 bits per heavy atom. The van der Waals surface area contributed by atoms with Crippen molar-refractivity contribution in [2.45, 2.75) is 31.5 Å². The Bertz CT molecular complexity index is 1100. The van der Waals surface area contributed by atoms with Gasteiger partial charge in [-0.25, -0.2) is 0 Å². The van der Waals surface area contributed by atoms with Crippen LogP contribution in [0.2, 0.25) is 0 Å². The smallest absolute Gasteiger partial charge is 0.249 e. The lowest BCUT2D eigenvalue weighted by atomic mass is 10.1. The van der Waals surface area contributed by atoms with Crippen molar-refractivity contribution in [2.24, 2.45) is 0 Å². The van der Waals surface area contributed by atoms with Crippen LogP contribution in [0, 0.1) is 11.8 Å². The van der Waals surface area contributed by atoms with Gasteiger partial charge < -0.3 is 4.90 Å². The van der Waals surface area contributed by atoms with Gasteiger partial charge >= 0.3 is 0 Å². The molecule has 2 unspecified atom stereocenters. The minimum absolute atomic E-state index is 0.101. The quantitative estimate of drug-likeness (QED) is 0.598. The van der Waals surface area contributed by atoms with Gasteiger partial charge in [-0.2, -0.15) is 0 Å². The molecule has 5 rings (SSSR count). The van der Waals surface area contributed by atoms with E-state index < -0.39 is 0 Å². The van der Waals surface area contributed by atoms with Crippen LogP contribution in [-0.4, -0.2) is 23.4 Å². The lowest BCUT2D eigenvalue weighted by molar-refractivity contribution is -0.123. The SMILES string of the molecule is O=C1C(N2CCCC2C#Cc2ccccc2)c2ccccc2N1Cc1ccccc1. The summed E-state index contributed by atoms with van der Waals surface area (Å²) in [6, 6.07) is 28.4. The van der Waals surface area contributed by atoms with Crippen LogP contribution in [0.4, 0.5) is 5.69 Å². The van der Waals surface area contributed by atoms with Crippen LogP contribution in [0.5, 0.6) is 0 Å². The van der Waals surface area contributed by atoms with Crippen LogP contribution in [0.1, 0.15) is 35.6 Å². The molecule has 0 N–H and O–H groups in total. The van der Waals surface area contributed by atoms with Gasteiger partial charge in [-0.05, 0) is 36.6 Å². The van der Waals surface area contributed by atoms with Gasteiger partial charge in [0.15, 0.2) is 0 Å². The van der Waals surface area contributed by atoms with Crippen LogP contribution in [0.3, 0.4) is 0 Å². The van der Waals surface area contributed by atoms with Crippen LogP contribution >= 0.6 is 0 Å². The van der Waals surface area contributed by atoms with Crippen molar-refractivity contribution in [1.29, 1.82) is 0 Å². The van der Waals surface area contributed by atoms with Crippen molar-refractivity contribution in [3.05, 3.63) is 102 Å². The zero-order chi connectivity index (χ0) is 20.3. The minimum atomic E-state index is -0.248. The van der Waals surface area contributed by atoms with Gasteiger partial charge in [-0.3, -0.25) is 9.69 Å². The topological polar surface area (TPSA) is 23.6 Å². The number of hydrogen-bond donors (Lipinski definition) is 0. The monoisotopic (exact) mass is 392 g/mol. The number of nitrogens with zero attached hydrogens (tertiary/aromatic N) is 2. The van der Waals surface area contributed by atoms with Crippen molar-refractivity contribution in [1.82, 2.24) is 4.90 Å². The van der Waals surface area contributed by atoms with E-state index in [4.69, 9.17) is 0 Å². The fourth-order valence-corrected chi connectivity index (χ4v) is 4.55. The molecule has 0 bridgehead atoms. The largest absolute Gasteiger partial charge is 0.306 e.